The van der Waals surface area contributed by atoms with Crippen LogP contribution in [0, 0.1) is 17.3 Å². The molecule has 0 aromatic carbocycles. The second-order valence-corrected chi connectivity index (χ2v) is 6.99. The van der Waals surface area contributed by atoms with E-state index in [1.54, 1.807) is 6.92 Å². The van der Waals surface area contributed by atoms with E-state index in [1.165, 1.54) is 44.9 Å². The summed E-state index contributed by atoms with van der Waals surface area (Å²) in [6, 6.07) is 0. The van der Waals surface area contributed by atoms with Crippen LogP contribution in [0.25, 0.3) is 0 Å². The number of carbonyl (C=O) groups excluding carboxylic acids is 1. The smallest absolute Gasteiger partial charge is 0.155 e. The molecule has 0 aromatic heterocycles. The minimum atomic E-state index is 0.0752. The first-order valence-corrected chi connectivity index (χ1v) is 7.18. The second-order valence-electron chi connectivity index (χ2n) is 6.99. The molecule has 0 saturated heterocycles. The molecule has 0 N–H and O–H groups in total. The molecule has 0 radical (unpaired) electrons. The highest BCUT2D eigenvalue weighted by Crippen LogP contribution is 2.63. The molecule has 4 aliphatic carbocycles. The van der Waals surface area contributed by atoms with Crippen LogP contribution in [-0.2, 0) is 9.53 Å². The van der Waals surface area contributed by atoms with Crippen LogP contribution in [0.15, 0.2) is 0 Å². The van der Waals surface area contributed by atoms with Gasteiger partial charge in [-0.1, -0.05) is 13.3 Å². The van der Waals surface area contributed by atoms with Gasteiger partial charge in [0.2, 0.25) is 0 Å². The van der Waals surface area contributed by atoms with Gasteiger partial charge in [0.25, 0.3) is 0 Å². The molecule has 2 nitrogen and oxygen atoms in total. The molecule has 0 aromatic rings. The minimum absolute atomic E-state index is 0.0752. The first-order valence-electron chi connectivity index (χ1n) is 7.18. The van der Waals surface area contributed by atoms with E-state index in [1.807, 2.05) is 0 Å². The molecule has 0 amide bonds. The Hall–Kier alpha value is -0.370. The SMILES string of the molecule is CCC12CC3CC(C1)CC(OCC(C)=O)(C3)C2. The zero-order chi connectivity index (χ0) is 12.1. The molecule has 4 bridgehead atoms. The average Bonchev–Trinajstić information content (AvgIpc) is 2.25. The molecular formula is C15H24O2. The molecule has 17 heavy (non-hydrogen) atoms. The fourth-order valence-electron chi connectivity index (χ4n) is 5.20. The summed E-state index contributed by atoms with van der Waals surface area (Å²) in [6.07, 6.45) is 9.22. The third kappa shape index (κ3) is 1.95. The van der Waals surface area contributed by atoms with Crippen LogP contribution in [0.2, 0.25) is 0 Å². The van der Waals surface area contributed by atoms with E-state index in [-0.39, 0.29) is 11.4 Å². The Labute approximate surface area is 104 Å². The molecule has 4 saturated carbocycles. The standard InChI is InChI=1S/C15H24O2/c1-3-14-5-12-4-13(6-14)8-15(7-12,10-14)17-9-11(2)16/h12-13H,3-10H2,1-2H3. The van der Waals surface area contributed by atoms with E-state index in [2.05, 4.69) is 6.92 Å². The van der Waals surface area contributed by atoms with Gasteiger partial charge in [0.1, 0.15) is 6.61 Å². The summed E-state index contributed by atoms with van der Waals surface area (Å²) in [5, 5.41) is 0. The lowest BCUT2D eigenvalue weighted by Crippen LogP contribution is -2.56. The van der Waals surface area contributed by atoms with Gasteiger partial charge >= 0.3 is 0 Å². The Morgan fingerprint density at radius 1 is 1.24 bits per heavy atom. The van der Waals surface area contributed by atoms with E-state index >= 15 is 0 Å². The van der Waals surface area contributed by atoms with Gasteiger partial charge in [-0.3, -0.25) is 4.79 Å². The lowest BCUT2D eigenvalue weighted by Gasteiger charge is -2.61. The first-order chi connectivity index (χ1) is 8.05. The molecule has 0 aliphatic heterocycles. The van der Waals surface area contributed by atoms with Crippen molar-refractivity contribution >= 4 is 5.78 Å². The van der Waals surface area contributed by atoms with E-state index in [0.29, 0.717) is 12.0 Å². The maximum atomic E-state index is 11.2. The number of carbonyl (C=O) groups is 1. The Morgan fingerprint density at radius 2 is 1.88 bits per heavy atom. The number of rotatable bonds is 4. The van der Waals surface area contributed by atoms with Crippen LogP contribution in [0.4, 0.5) is 0 Å². The van der Waals surface area contributed by atoms with Crippen LogP contribution >= 0.6 is 0 Å². The first kappa shape index (κ1) is 11.7. The third-order valence-corrected chi connectivity index (χ3v) is 5.46. The molecule has 2 unspecified atom stereocenters. The molecule has 4 rings (SSSR count). The summed E-state index contributed by atoms with van der Waals surface area (Å²) in [5.41, 5.74) is 0.632. The van der Waals surface area contributed by atoms with Crippen molar-refractivity contribution in [3.63, 3.8) is 0 Å². The lowest BCUT2D eigenvalue weighted by molar-refractivity contribution is -0.194. The van der Waals surface area contributed by atoms with Crippen molar-refractivity contribution in [2.45, 2.75) is 64.4 Å². The van der Waals surface area contributed by atoms with Gasteiger partial charge < -0.3 is 4.74 Å². The van der Waals surface area contributed by atoms with Crippen LogP contribution in [0.5, 0.6) is 0 Å². The van der Waals surface area contributed by atoms with Crippen molar-refractivity contribution in [3.8, 4) is 0 Å². The summed E-state index contributed by atoms with van der Waals surface area (Å²) < 4.78 is 6.08. The Balaban J connectivity index is 1.80. The van der Waals surface area contributed by atoms with Gasteiger partial charge in [-0.2, -0.15) is 0 Å². The van der Waals surface area contributed by atoms with Crippen LogP contribution in [-0.4, -0.2) is 18.0 Å². The maximum Gasteiger partial charge on any atom is 0.155 e. The molecule has 0 heterocycles. The van der Waals surface area contributed by atoms with Crippen molar-refractivity contribution < 1.29 is 9.53 Å². The fraction of sp³-hybridized carbons (Fsp3) is 0.933. The molecule has 0 spiro atoms. The highest BCUT2D eigenvalue weighted by Gasteiger charge is 2.57. The Kier molecular flexibility index (Phi) is 2.62. The predicted octanol–water partition coefficient (Wildman–Crippen LogP) is 3.34. The zero-order valence-corrected chi connectivity index (χ0v) is 11.1. The van der Waals surface area contributed by atoms with Crippen molar-refractivity contribution in [1.29, 1.82) is 0 Å². The van der Waals surface area contributed by atoms with Crippen molar-refractivity contribution in [3.05, 3.63) is 0 Å². The van der Waals surface area contributed by atoms with E-state index in [4.69, 9.17) is 4.74 Å². The molecule has 96 valence electrons. The van der Waals surface area contributed by atoms with Gasteiger partial charge in [-0.25, -0.2) is 0 Å². The summed E-state index contributed by atoms with van der Waals surface area (Å²) in [7, 11) is 0. The number of ketones is 1. The molecule has 2 heteroatoms. The normalized spacial score (nSPS) is 47.4. The lowest BCUT2D eigenvalue weighted by atomic mass is 9.47. The van der Waals surface area contributed by atoms with Gasteiger partial charge in [0.05, 0.1) is 5.60 Å². The van der Waals surface area contributed by atoms with Crippen LogP contribution in [0.3, 0.4) is 0 Å². The number of hydrogen-bond donors (Lipinski definition) is 0. The molecule has 4 fully saturated rings. The topological polar surface area (TPSA) is 26.3 Å². The summed E-state index contributed by atoms with van der Waals surface area (Å²) in [6.45, 7) is 4.31. The van der Waals surface area contributed by atoms with Gasteiger partial charge in [0.15, 0.2) is 5.78 Å². The van der Waals surface area contributed by atoms with Crippen molar-refractivity contribution in [2.75, 3.05) is 6.61 Å². The summed E-state index contributed by atoms with van der Waals surface area (Å²) in [5.74, 6) is 1.93. The van der Waals surface area contributed by atoms with Crippen molar-refractivity contribution in [1.82, 2.24) is 0 Å². The summed E-state index contributed by atoms with van der Waals surface area (Å²) >= 11 is 0. The third-order valence-electron chi connectivity index (χ3n) is 5.46. The predicted molar refractivity (Wildman–Crippen MR) is 66.8 cm³/mol. The number of ether oxygens (including phenoxy) is 1. The number of hydrogen-bond acceptors (Lipinski definition) is 2. The highest BCUT2D eigenvalue weighted by molar-refractivity contribution is 5.76. The fourth-order valence-corrected chi connectivity index (χ4v) is 5.20. The highest BCUT2D eigenvalue weighted by atomic mass is 16.5. The molecule has 2 atom stereocenters. The average molecular weight is 236 g/mol. The largest absolute Gasteiger partial charge is 0.367 e. The van der Waals surface area contributed by atoms with Gasteiger partial charge in [0, 0.05) is 0 Å². The van der Waals surface area contributed by atoms with E-state index < -0.39 is 0 Å². The Morgan fingerprint density at radius 3 is 2.41 bits per heavy atom. The minimum Gasteiger partial charge on any atom is -0.367 e. The quantitative estimate of drug-likeness (QED) is 0.748. The van der Waals surface area contributed by atoms with Crippen LogP contribution in [0.1, 0.15) is 58.8 Å². The van der Waals surface area contributed by atoms with E-state index in [9.17, 15) is 4.79 Å². The van der Waals surface area contributed by atoms with E-state index in [0.717, 1.165) is 11.8 Å². The van der Waals surface area contributed by atoms with Gasteiger partial charge in [-0.15, -0.1) is 0 Å². The monoisotopic (exact) mass is 236 g/mol. The maximum absolute atomic E-state index is 11.2. The summed E-state index contributed by atoms with van der Waals surface area (Å²) in [4.78, 5) is 11.2. The van der Waals surface area contributed by atoms with Gasteiger partial charge in [-0.05, 0) is 62.7 Å². The second kappa shape index (κ2) is 3.81. The van der Waals surface area contributed by atoms with Crippen molar-refractivity contribution in [2.24, 2.45) is 17.3 Å². The molecular weight excluding hydrogens is 212 g/mol. The Bertz CT molecular complexity index is 320. The van der Waals surface area contributed by atoms with Crippen LogP contribution < -0.4 is 0 Å². The zero-order valence-electron chi connectivity index (χ0n) is 11.1. The molecule has 4 aliphatic rings. The number of Topliss-reactive ketones (excluding diaryl/α,β-unsaturated/α-hetero) is 1.